The first-order valence-corrected chi connectivity index (χ1v) is 9.60. The molecule has 0 heterocycles. The minimum absolute atomic E-state index is 0.0128. The standard InChI is InChI=1S/C16H29NO3S/c1-3-12-10-13(4-2)15(11-12)16(18)17-21(19)20-14-8-6-5-7-9-14/h12-15H,3-11H2,1-2H3,(H,17,18). The first-order valence-electron chi connectivity index (χ1n) is 8.53. The predicted molar refractivity (Wildman–Crippen MR) is 84.5 cm³/mol. The lowest BCUT2D eigenvalue weighted by molar-refractivity contribution is -0.124. The average Bonchev–Trinajstić information content (AvgIpc) is 2.91. The fraction of sp³-hybridized carbons (Fsp3) is 0.938. The molecule has 0 aromatic rings. The largest absolute Gasteiger partial charge is 0.274 e. The second kappa shape index (κ2) is 8.28. The Morgan fingerprint density at radius 2 is 1.86 bits per heavy atom. The van der Waals surface area contributed by atoms with Crippen LogP contribution in [0.2, 0.25) is 0 Å². The first-order chi connectivity index (χ1) is 10.1. The smallest absolute Gasteiger partial charge is 0.264 e. The van der Waals surface area contributed by atoms with Crippen molar-refractivity contribution in [2.75, 3.05) is 0 Å². The molecule has 2 aliphatic rings. The highest BCUT2D eigenvalue weighted by Crippen LogP contribution is 2.40. The monoisotopic (exact) mass is 315 g/mol. The van der Waals surface area contributed by atoms with Crippen LogP contribution in [0.3, 0.4) is 0 Å². The molecule has 2 fully saturated rings. The SMILES string of the molecule is CCC1CC(CC)C(C(=O)NS(=O)OC2CCCCC2)C1. The van der Waals surface area contributed by atoms with Gasteiger partial charge in [0.05, 0.1) is 6.10 Å². The van der Waals surface area contributed by atoms with E-state index in [2.05, 4.69) is 18.6 Å². The maximum atomic E-state index is 12.3. The molecule has 2 saturated carbocycles. The molecule has 0 bridgehead atoms. The van der Waals surface area contributed by atoms with Gasteiger partial charge >= 0.3 is 0 Å². The van der Waals surface area contributed by atoms with Crippen molar-refractivity contribution in [2.24, 2.45) is 17.8 Å². The number of rotatable bonds is 6. The van der Waals surface area contributed by atoms with Crippen LogP contribution in [-0.2, 0) is 20.2 Å². The van der Waals surface area contributed by atoms with Crippen LogP contribution < -0.4 is 4.72 Å². The number of hydrogen-bond acceptors (Lipinski definition) is 3. The fourth-order valence-corrected chi connectivity index (χ4v) is 4.62. The van der Waals surface area contributed by atoms with E-state index in [9.17, 15) is 9.00 Å². The van der Waals surface area contributed by atoms with E-state index in [-0.39, 0.29) is 17.9 Å². The zero-order valence-electron chi connectivity index (χ0n) is 13.3. The van der Waals surface area contributed by atoms with Gasteiger partial charge in [-0.2, -0.15) is 0 Å². The Bertz CT molecular complexity index is 369. The summed E-state index contributed by atoms with van der Waals surface area (Å²) in [6.07, 6.45) is 9.67. The predicted octanol–water partition coefficient (Wildman–Crippen LogP) is 3.49. The van der Waals surface area contributed by atoms with Gasteiger partial charge in [-0.15, -0.1) is 0 Å². The average molecular weight is 315 g/mol. The van der Waals surface area contributed by atoms with Crippen LogP contribution in [-0.4, -0.2) is 16.2 Å². The Kier molecular flexibility index (Phi) is 6.68. The summed E-state index contributed by atoms with van der Waals surface area (Å²) in [4.78, 5) is 12.3. The van der Waals surface area contributed by atoms with Gasteiger partial charge in [-0.3, -0.25) is 13.7 Å². The van der Waals surface area contributed by atoms with E-state index < -0.39 is 11.3 Å². The van der Waals surface area contributed by atoms with Gasteiger partial charge in [-0.1, -0.05) is 46.0 Å². The summed E-state index contributed by atoms with van der Waals surface area (Å²) < 4.78 is 20.1. The Morgan fingerprint density at radius 3 is 2.48 bits per heavy atom. The van der Waals surface area contributed by atoms with Gasteiger partial charge in [-0.25, -0.2) is 4.21 Å². The van der Waals surface area contributed by atoms with Crippen LogP contribution in [0.15, 0.2) is 0 Å². The van der Waals surface area contributed by atoms with Crippen molar-refractivity contribution < 1.29 is 13.2 Å². The molecule has 21 heavy (non-hydrogen) atoms. The van der Waals surface area contributed by atoms with E-state index in [4.69, 9.17) is 4.18 Å². The van der Waals surface area contributed by atoms with Crippen LogP contribution in [0.4, 0.5) is 0 Å². The van der Waals surface area contributed by atoms with E-state index in [1.165, 1.54) is 6.42 Å². The zero-order valence-corrected chi connectivity index (χ0v) is 14.1. The second-order valence-electron chi connectivity index (χ2n) is 6.58. The quantitative estimate of drug-likeness (QED) is 0.816. The summed E-state index contributed by atoms with van der Waals surface area (Å²) in [5.74, 6) is 1.01. The molecule has 0 saturated heterocycles. The molecule has 0 aliphatic heterocycles. The molecule has 0 aromatic heterocycles. The molecule has 4 atom stereocenters. The van der Waals surface area contributed by atoms with E-state index >= 15 is 0 Å². The number of carbonyl (C=O) groups is 1. The van der Waals surface area contributed by atoms with Gasteiger partial charge in [0.15, 0.2) is 0 Å². The first kappa shape index (κ1) is 16.9. The summed E-state index contributed by atoms with van der Waals surface area (Å²) >= 11 is -1.67. The number of hydrogen-bond donors (Lipinski definition) is 1. The lowest BCUT2D eigenvalue weighted by atomic mass is 9.93. The lowest BCUT2D eigenvalue weighted by Gasteiger charge is -2.22. The molecule has 4 unspecified atom stereocenters. The molecule has 5 heteroatoms. The van der Waals surface area contributed by atoms with Crippen molar-refractivity contribution in [2.45, 2.75) is 77.7 Å². The molecule has 0 radical (unpaired) electrons. The van der Waals surface area contributed by atoms with Crippen molar-refractivity contribution in [3.8, 4) is 0 Å². The molecule has 1 amide bonds. The Labute approximate surface area is 131 Å². The Morgan fingerprint density at radius 1 is 1.14 bits per heavy atom. The van der Waals surface area contributed by atoms with Gasteiger partial charge in [-0.05, 0) is 37.5 Å². The molecule has 4 nitrogen and oxygen atoms in total. The van der Waals surface area contributed by atoms with Crippen molar-refractivity contribution in [3.05, 3.63) is 0 Å². The van der Waals surface area contributed by atoms with E-state index in [0.29, 0.717) is 11.8 Å². The Hall–Kier alpha value is -0.420. The highest BCUT2D eigenvalue weighted by molar-refractivity contribution is 7.78. The number of nitrogens with one attached hydrogen (secondary N) is 1. The van der Waals surface area contributed by atoms with Crippen molar-refractivity contribution in [1.82, 2.24) is 4.72 Å². The third-order valence-corrected chi connectivity index (χ3v) is 6.01. The van der Waals surface area contributed by atoms with Gasteiger partial charge in [0.2, 0.25) is 5.91 Å². The van der Waals surface area contributed by atoms with Crippen LogP contribution in [0, 0.1) is 17.8 Å². The van der Waals surface area contributed by atoms with Gasteiger partial charge in [0.1, 0.15) is 0 Å². The molecule has 2 rings (SSSR count). The summed E-state index contributed by atoms with van der Waals surface area (Å²) in [6, 6.07) is 0. The maximum absolute atomic E-state index is 12.3. The number of amides is 1. The van der Waals surface area contributed by atoms with Gasteiger partial charge < -0.3 is 0 Å². The third kappa shape index (κ3) is 4.78. The Balaban J connectivity index is 1.81. The van der Waals surface area contributed by atoms with Crippen LogP contribution in [0.5, 0.6) is 0 Å². The zero-order chi connectivity index (χ0) is 15.2. The van der Waals surface area contributed by atoms with Crippen LogP contribution in [0.25, 0.3) is 0 Å². The third-order valence-electron chi connectivity index (χ3n) is 5.19. The number of carbonyl (C=O) groups excluding carboxylic acids is 1. The van der Waals surface area contributed by atoms with Crippen molar-refractivity contribution in [1.29, 1.82) is 0 Å². The van der Waals surface area contributed by atoms with Crippen molar-refractivity contribution >= 4 is 17.2 Å². The molecule has 1 N–H and O–H groups in total. The van der Waals surface area contributed by atoms with Gasteiger partial charge in [0.25, 0.3) is 11.3 Å². The van der Waals surface area contributed by atoms with Crippen molar-refractivity contribution in [3.63, 3.8) is 0 Å². The summed E-state index contributed by atoms with van der Waals surface area (Å²) in [6.45, 7) is 4.32. The second-order valence-corrected chi connectivity index (χ2v) is 7.44. The lowest BCUT2D eigenvalue weighted by Crippen LogP contribution is -2.36. The van der Waals surface area contributed by atoms with E-state index in [1.807, 2.05) is 0 Å². The topological polar surface area (TPSA) is 55.4 Å². The van der Waals surface area contributed by atoms with Crippen LogP contribution in [0.1, 0.15) is 71.6 Å². The van der Waals surface area contributed by atoms with E-state index in [1.54, 1.807) is 0 Å². The highest BCUT2D eigenvalue weighted by atomic mass is 32.2. The highest BCUT2D eigenvalue weighted by Gasteiger charge is 2.37. The fourth-order valence-electron chi connectivity index (χ4n) is 3.81. The molecular weight excluding hydrogens is 286 g/mol. The van der Waals surface area contributed by atoms with E-state index in [0.717, 1.165) is 51.4 Å². The molecule has 0 spiro atoms. The van der Waals surface area contributed by atoms with Crippen LogP contribution >= 0.6 is 0 Å². The summed E-state index contributed by atoms with van der Waals surface area (Å²) in [5.41, 5.74) is 0. The summed E-state index contributed by atoms with van der Waals surface area (Å²) in [7, 11) is 0. The molecule has 0 aromatic carbocycles. The molecule has 122 valence electrons. The molecule has 2 aliphatic carbocycles. The maximum Gasteiger partial charge on any atom is 0.264 e. The minimum Gasteiger partial charge on any atom is -0.274 e. The van der Waals surface area contributed by atoms with Gasteiger partial charge in [0, 0.05) is 5.92 Å². The molecular formula is C16H29NO3S. The minimum atomic E-state index is -1.67. The summed E-state index contributed by atoms with van der Waals surface area (Å²) in [5, 5.41) is 0. The normalized spacial score (nSPS) is 32.0.